The molecule has 4 heterocycles. The molecule has 36 heavy (non-hydrogen) atoms. The number of allylic oxidation sites excluding steroid dienone is 1. The first-order valence-corrected chi connectivity index (χ1v) is 11.5. The number of nitrogens with one attached hydrogen (secondary N) is 3. The number of hydrogen-bond acceptors (Lipinski definition) is 8. The lowest BCUT2D eigenvalue weighted by Gasteiger charge is -2.29. The molecule has 0 unspecified atom stereocenters. The normalized spacial score (nSPS) is 14.6. The molecule has 0 aliphatic carbocycles. The van der Waals surface area contributed by atoms with Gasteiger partial charge in [-0.1, -0.05) is 0 Å². The van der Waals surface area contributed by atoms with Crippen molar-refractivity contribution < 1.29 is 9.13 Å². The van der Waals surface area contributed by atoms with Gasteiger partial charge in [0.05, 0.1) is 42.2 Å². The van der Waals surface area contributed by atoms with Crippen molar-refractivity contribution in [1.82, 2.24) is 24.7 Å². The highest BCUT2D eigenvalue weighted by Gasteiger charge is 2.23. The minimum Gasteiger partial charge on any atom is -0.381 e. The SMILES string of the molecule is C=N/C=C\C=NCCNc1c(-c2nc3c(F)c(N4CCOCC4)ccc3[nH]2)c(=O)[nH]c2cn(C)nc12. The number of morpholine rings is 1. The van der Waals surface area contributed by atoms with Crippen LogP contribution in [0.2, 0.25) is 0 Å². The monoisotopic (exact) mass is 491 g/mol. The molecule has 1 fully saturated rings. The quantitative estimate of drug-likeness (QED) is 0.257. The van der Waals surface area contributed by atoms with E-state index in [1.165, 1.54) is 6.20 Å². The van der Waals surface area contributed by atoms with E-state index in [1.807, 2.05) is 4.90 Å². The molecule has 1 aliphatic rings. The van der Waals surface area contributed by atoms with Crippen LogP contribution in [0.5, 0.6) is 0 Å². The van der Waals surface area contributed by atoms with Gasteiger partial charge < -0.3 is 24.9 Å². The molecule has 1 saturated heterocycles. The number of aryl methyl sites for hydroxylation is 1. The van der Waals surface area contributed by atoms with Crippen LogP contribution >= 0.6 is 0 Å². The Kier molecular flexibility index (Phi) is 6.58. The molecule has 0 bridgehead atoms. The van der Waals surface area contributed by atoms with Gasteiger partial charge in [-0.25, -0.2) is 9.37 Å². The van der Waals surface area contributed by atoms with Crippen LogP contribution in [0.1, 0.15) is 0 Å². The number of halogens is 1. The Balaban J connectivity index is 1.54. The van der Waals surface area contributed by atoms with Crippen molar-refractivity contribution in [3.8, 4) is 11.4 Å². The van der Waals surface area contributed by atoms with Crippen LogP contribution in [-0.4, -0.2) is 77.1 Å². The number of fused-ring (bicyclic) bond motifs is 2. The number of nitrogens with zero attached hydrogens (tertiary/aromatic N) is 6. The number of aromatic nitrogens is 5. The van der Waals surface area contributed by atoms with Gasteiger partial charge in [-0.05, 0) is 24.9 Å². The molecule has 5 rings (SSSR count). The summed E-state index contributed by atoms with van der Waals surface area (Å²) in [7, 11) is 1.77. The zero-order valence-corrected chi connectivity index (χ0v) is 19.8. The summed E-state index contributed by atoms with van der Waals surface area (Å²) in [5.41, 5.74) is 2.68. The number of hydrogen-bond donors (Lipinski definition) is 3. The fourth-order valence-electron chi connectivity index (χ4n) is 4.26. The van der Waals surface area contributed by atoms with Crippen LogP contribution in [0.15, 0.2) is 45.4 Å². The zero-order valence-electron chi connectivity index (χ0n) is 19.8. The number of rotatable bonds is 8. The average molecular weight is 492 g/mol. The van der Waals surface area contributed by atoms with Crippen molar-refractivity contribution in [2.45, 2.75) is 0 Å². The summed E-state index contributed by atoms with van der Waals surface area (Å²) < 4.78 is 22.5. The lowest BCUT2D eigenvalue weighted by molar-refractivity contribution is 0.122. The predicted octanol–water partition coefficient (Wildman–Crippen LogP) is 2.48. The molecule has 0 radical (unpaired) electrons. The molecule has 3 N–H and O–H groups in total. The van der Waals surface area contributed by atoms with Gasteiger partial charge in [0.1, 0.15) is 22.4 Å². The topological polar surface area (TPSA) is 129 Å². The van der Waals surface area contributed by atoms with E-state index in [9.17, 15) is 4.79 Å². The van der Waals surface area contributed by atoms with E-state index in [1.54, 1.807) is 42.3 Å². The van der Waals surface area contributed by atoms with Crippen LogP contribution in [0.4, 0.5) is 15.8 Å². The van der Waals surface area contributed by atoms with E-state index < -0.39 is 5.82 Å². The van der Waals surface area contributed by atoms with Gasteiger partial charge in [-0.15, -0.1) is 0 Å². The first-order valence-electron chi connectivity index (χ1n) is 11.5. The smallest absolute Gasteiger partial charge is 0.261 e. The van der Waals surface area contributed by atoms with Crippen LogP contribution in [0, 0.1) is 5.82 Å². The van der Waals surface area contributed by atoms with Crippen molar-refractivity contribution in [3.63, 3.8) is 0 Å². The third-order valence-corrected chi connectivity index (χ3v) is 5.88. The number of aliphatic imine (C=N–C) groups is 2. The fraction of sp³-hybridized carbons (Fsp3) is 0.292. The van der Waals surface area contributed by atoms with Crippen molar-refractivity contribution in [2.75, 3.05) is 49.6 Å². The highest BCUT2D eigenvalue weighted by molar-refractivity contribution is 5.96. The molecule has 0 atom stereocenters. The highest BCUT2D eigenvalue weighted by atomic mass is 19.1. The third-order valence-electron chi connectivity index (χ3n) is 5.88. The van der Waals surface area contributed by atoms with E-state index in [0.717, 1.165) is 0 Å². The number of ether oxygens (including phenoxy) is 1. The molecular weight excluding hydrogens is 465 g/mol. The van der Waals surface area contributed by atoms with E-state index in [4.69, 9.17) is 4.74 Å². The van der Waals surface area contributed by atoms with Crippen molar-refractivity contribution in [3.05, 3.63) is 46.8 Å². The lowest BCUT2D eigenvalue weighted by atomic mass is 10.2. The molecule has 1 aromatic carbocycles. The molecule has 4 aromatic rings. The second-order valence-corrected chi connectivity index (χ2v) is 8.25. The summed E-state index contributed by atoms with van der Waals surface area (Å²) in [4.78, 5) is 33.5. The molecule has 1 aliphatic heterocycles. The Bertz CT molecular complexity index is 1530. The molecule has 3 aromatic heterocycles. The molecule has 0 spiro atoms. The number of pyridine rings is 1. The number of H-pyrrole nitrogens is 2. The van der Waals surface area contributed by atoms with Gasteiger partial charge in [0, 0.05) is 45.3 Å². The summed E-state index contributed by atoms with van der Waals surface area (Å²) in [6.07, 6.45) is 6.56. The van der Waals surface area contributed by atoms with Crippen LogP contribution < -0.4 is 15.8 Å². The van der Waals surface area contributed by atoms with Crippen LogP contribution in [0.25, 0.3) is 33.5 Å². The van der Waals surface area contributed by atoms with Gasteiger partial charge in [0.25, 0.3) is 5.56 Å². The van der Waals surface area contributed by atoms with Gasteiger partial charge in [0.15, 0.2) is 5.82 Å². The van der Waals surface area contributed by atoms with Gasteiger partial charge in [-0.3, -0.25) is 19.5 Å². The largest absolute Gasteiger partial charge is 0.381 e. The Labute approximate surface area is 205 Å². The minimum absolute atomic E-state index is 0.174. The summed E-state index contributed by atoms with van der Waals surface area (Å²) in [5, 5.41) is 7.78. The van der Waals surface area contributed by atoms with Crippen LogP contribution in [-0.2, 0) is 11.8 Å². The number of anilines is 2. The third kappa shape index (κ3) is 4.50. The standard InChI is InChI=1S/C24H26FN9O2/c1-26-6-3-7-27-8-9-28-22-18(24(35)30-16-14-33(2)32-21(16)22)23-29-15-4-5-17(19(25)20(15)31-23)34-10-12-36-13-11-34/h3-7,14,28H,1,8-13H2,2H3,(H,29,31)(H,30,35)/b6-3-,27-7?. The zero-order chi connectivity index (χ0) is 25.1. The Morgan fingerprint density at radius 2 is 2.08 bits per heavy atom. The van der Waals surface area contributed by atoms with Crippen molar-refractivity contribution in [1.29, 1.82) is 0 Å². The Hall–Kier alpha value is -4.32. The lowest BCUT2D eigenvalue weighted by Crippen LogP contribution is -2.36. The first kappa shape index (κ1) is 23.4. The first-order chi connectivity index (χ1) is 17.6. The van der Waals surface area contributed by atoms with Crippen molar-refractivity contribution >= 4 is 46.4 Å². The molecule has 12 heteroatoms. The predicted molar refractivity (Wildman–Crippen MR) is 140 cm³/mol. The maximum absolute atomic E-state index is 15.5. The Morgan fingerprint density at radius 1 is 1.25 bits per heavy atom. The summed E-state index contributed by atoms with van der Waals surface area (Å²) in [6.45, 7) is 6.54. The fourth-order valence-corrected chi connectivity index (χ4v) is 4.26. The maximum Gasteiger partial charge on any atom is 0.261 e. The van der Waals surface area contributed by atoms with E-state index in [-0.39, 0.29) is 22.5 Å². The molecule has 186 valence electrons. The summed E-state index contributed by atoms with van der Waals surface area (Å²) in [5.74, 6) is -0.180. The molecular formula is C24H26FN9O2. The summed E-state index contributed by atoms with van der Waals surface area (Å²) >= 11 is 0. The van der Waals surface area contributed by atoms with E-state index >= 15 is 4.39 Å². The van der Waals surface area contributed by atoms with Gasteiger partial charge >= 0.3 is 0 Å². The second kappa shape index (κ2) is 10.1. The Morgan fingerprint density at radius 3 is 2.89 bits per heavy atom. The molecule has 0 amide bonds. The van der Waals surface area contributed by atoms with Crippen LogP contribution in [0.3, 0.4) is 0 Å². The summed E-state index contributed by atoms with van der Waals surface area (Å²) in [6, 6.07) is 3.51. The number of imidazole rings is 1. The number of aromatic amines is 2. The van der Waals surface area contributed by atoms with Gasteiger partial charge in [0.2, 0.25) is 0 Å². The van der Waals surface area contributed by atoms with E-state index in [0.29, 0.717) is 67.3 Å². The minimum atomic E-state index is -0.432. The average Bonchev–Trinajstić information content (AvgIpc) is 3.47. The van der Waals surface area contributed by atoms with E-state index in [2.05, 4.69) is 42.1 Å². The second-order valence-electron chi connectivity index (χ2n) is 8.25. The van der Waals surface area contributed by atoms with Gasteiger partial charge in [-0.2, -0.15) is 5.10 Å². The molecule has 0 saturated carbocycles. The van der Waals surface area contributed by atoms with Crippen molar-refractivity contribution in [2.24, 2.45) is 17.0 Å². The highest BCUT2D eigenvalue weighted by Crippen LogP contribution is 2.32. The maximum atomic E-state index is 15.5. The molecule has 11 nitrogen and oxygen atoms in total. The number of benzene rings is 1.